The van der Waals surface area contributed by atoms with Gasteiger partial charge in [-0.2, -0.15) is 5.21 Å². The highest BCUT2D eigenvalue weighted by molar-refractivity contribution is 5.97. The summed E-state index contributed by atoms with van der Waals surface area (Å²) in [6, 6.07) is 33.7. The Bertz CT molecular complexity index is 2810. The van der Waals surface area contributed by atoms with Gasteiger partial charge in [0.2, 0.25) is 5.82 Å². The molecule has 8 aromatic rings. The Morgan fingerprint density at radius 3 is 2.39 bits per heavy atom. The molecule has 1 atom stereocenters. The Balaban J connectivity index is 0.994. The standard InChI is InChI=1S/C47H44N8O6/c1-59-42-21-16-29(25-43(42)60-2)37-19-14-32(46(56)50-40(47(57)58)26-34-23-30-8-6-7-11-38(30)48-34)22-33(37)27-61-36-17-12-28(13-18-36)45-49-39-24-31(44-51-53-54-52-44)15-20-41(39)55(45)35-9-4-3-5-10-35/h6-8,11-25,35,40,48H,3-5,9-10,26-27H2,1-2H3,(H,50,56)(H,57,58)(H,51,52,53,54). The number of aromatic amines is 2. The fourth-order valence-electron chi connectivity index (χ4n) is 8.34. The number of aliphatic carboxylic acids is 1. The maximum Gasteiger partial charge on any atom is 0.326 e. The first-order valence-corrected chi connectivity index (χ1v) is 20.3. The number of hydrogen-bond acceptors (Lipinski definition) is 9. The van der Waals surface area contributed by atoms with Crippen LogP contribution in [0.3, 0.4) is 0 Å². The molecule has 1 unspecified atom stereocenters. The number of imidazole rings is 1. The molecule has 1 aliphatic carbocycles. The summed E-state index contributed by atoms with van der Waals surface area (Å²) < 4.78 is 19.9. The van der Waals surface area contributed by atoms with E-state index in [0.717, 1.165) is 62.9 Å². The van der Waals surface area contributed by atoms with Crippen LogP contribution in [0, 0.1) is 0 Å². The van der Waals surface area contributed by atoms with E-state index in [1.54, 1.807) is 26.4 Å². The fraction of sp³-hybridized carbons (Fsp3) is 0.234. The number of carboxylic acid groups (broad SMARTS) is 1. The molecule has 3 aromatic heterocycles. The average molecular weight is 817 g/mol. The fourth-order valence-corrected chi connectivity index (χ4v) is 8.34. The number of H-pyrrole nitrogens is 2. The summed E-state index contributed by atoms with van der Waals surface area (Å²) in [4.78, 5) is 34.6. The number of tetrazole rings is 1. The molecular formula is C47H44N8O6. The lowest BCUT2D eigenvalue weighted by Gasteiger charge is -2.25. The molecule has 14 heteroatoms. The number of aromatic nitrogens is 7. The third-order valence-corrected chi connectivity index (χ3v) is 11.4. The third kappa shape index (κ3) is 8.12. The van der Waals surface area contributed by atoms with Gasteiger partial charge in [-0.1, -0.05) is 49.6 Å². The van der Waals surface area contributed by atoms with Gasteiger partial charge in [0.1, 0.15) is 24.2 Å². The summed E-state index contributed by atoms with van der Waals surface area (Å²) in [7, 11) is 3.16. The maximum atomic E-state index is 13.8. The van der Waals surface area contributed by atoms with Gasteiger partial charge in [-0.3, -0.25) is 4.79 Å². The summed E-state index contributed by atoms with van der Waals surface area (Å²) >= 11 is 0. The molecule has 308 valence electrons. The average Bonchev–Trinajstić information content (AvgIpc) is 4.07. The minimum Gasteiger partial charge on any atom is -0.493 e. The summed E-state index contributed by atoms with van der Waals surface area (Å²) in [5, 5.41) is 28.4. The number of ether oxygens (including phenoxy) is 3. The molecule has 0 spiro atoms. The van der Waals surface area contributed by atoms with Gasteiger partial charge < -0.3 is 34.2 Å². The van der Waals surface area contributed by atoms with Gasteiger partial charge in [0.15, 0.2) is 11.5 Å². The number of hydrogen-bond donors (Lipinski definition) is 4. The van der Waals surface area contributed by atoms with Gasteiger partial charge in [0.25, 0.3) is 5.91 Å². The first-order chi connectivity index (χ1) is 29.8. The lowest BCUT2D eigenvalue weighted by atomic mass is 9.94. The van der Waals surface area contributed by atoms with Gasteiger partial charge in [0.05, 0.1) is 25.3 Å². The summed E-state index contributed by atoms with van der Waals surface area (Å²) in [6.07, 6.45) is 5.86. The molecule has 0 bridgehead atoms. The molecule has 0 aliphatic heterocycles. The second kappa shape index (κ2) is 17.0. The van der Waals surface area contributed by atoms with E-state index in [1.807, 2.05) is 91.0 Å². The predicted octanol–water partition coefficient (Wildman–Crippen LogP) is 8.56. The van der Waals surface area contributed by atoms with Gasteiger partial charge in [-0.05, 0) is 119 Å². The van der Waals surface area contributed by atoms with Crippen LogP contribution in [0.2, 0.25) is 0 Å². The topological polar surface area (TPSA) is 182 Å². The normalized spacial score (nSPS) is 13.6. The zero-order valence-corrected chi connectivity index (χ0v) is 33.7. The van der Waals surface area contributed by atoms with Crippen molar-refractivity contribution in [2.45, 2.75) is 57.2 Å². The number of carboxylic acids is 1. The first kappa shape index (κ1) is 39.0. The number of nitrogens with zero attached hydrogens (tertiary/aromatic N) is 5. The highest BCUT2D eigenvalue weighted by Gasteiger charge is 2.25. The summed E-state index contributed by atoms with van der Waals surface area (Å²) in [6.45, 7) is 0.112. The molecule has 9 rings (SSSR count). The maximum absolute atomic E-state index is 13.8. The second-order valence-corrected chi connectivity index (χ2v) is 15.2. The minimum atomic E-state index is -1.16. The summed E-state index contributed by atoms with van der Waals surface area (Å²) in [5.41, 5.74) is 7.97. The van der Waals surface area contributed by atoms with Crippen molar-refractivity contribution in [1.82, 2.24) is 40.5 Å². The quantitative estimate of drug-likeness (QED) is 0.0830. The smallest absolute Gasteiger partial charge is 0.326 e. The number of fused-ring (bicyclic) bond motifs is 2. The van der Waals surface area contributed by atoms with Crippen LogP contribution in [0.1, 0.15) is 59.8 Å². The van der Waals surface area contributed by atoms with Crippen LogP contribution in [-0.2, 0) is 17.8 Å². The largest absolute Gasteiger partial charge is 0.493 e. The van der Waals surface area contributed by atoms with Crippen molar-refractivity contribution >= 4 is 33.8 Å². The van der Waals surface area contributed by atoms with Crippen LogP contribution in [0.25, 0.3) is 55.8 Å². The highest BCUT2D eigenvalue weighted by atomic mass is 16.5. The van der Waals surface area contributed by atoms with Crippen LogP contribution in [-0.4, -0.2) is 72.4 Å². The van der Waals surface area contributed by atoms with E-state index in [9.17, 15) is 14.7 Å². The molecule has 4 N–H and O–H groups in total. The number of carbonyl (C=O) groups excluding carboxylic acids is 1. The zero-order valence-electron chi connectivity index (χ0n) is 33.7. The molecule has 0 saturated heterocycles. The van der Waals surface area contributed by atoms with Crippen molar-refractivity contribution < 1.29 is 28.9 Å². The van der Waals surface area contributed by atoms with Crippen molar-refractivity contribution in [1.29, 1.82) is 0 Å². The number of carbonyl (C=O) groups is 2. The van der Waals surface area contributed by atoms with Crippen LogP contribution in [0.5, 0.6) is 17.2 Å². The van der Waals surface area contributed by atoms with Gasteiger partial charge in [0, 0.05) is 40.4 Å². The minimum absolute atomic E-state index is 0.0870. The molecule has 1 aliphatic rings. The van der Waals surface area contributed by atoms with Crippen molar-refractivity contribution in [2.24, 2.45) is 0 Å². The van der Waals surface area contributed by atoms with Crippen molar-refractivity contribution in [3.8, 4) is 51.2 Å². The molecule has 1 saturated carbocycles. The summed E-state index contributed by atoms with van der Waals surface area (Å²) in [5.74, 6) is 1.51. The number of methoxy groups -OCH3 is 2. The van der Waals surface area contributed by atoms with Crippen molar-refractivity contribution in [2.75, 3.05) is 14.2 Å². The van der Waals surface area contributed by atoms with E-state index < -0.39 is 17.9 Å². The van der Waals surface area contributed by atoms with Crippen LogP contribution < -0.4 is 19.5 Å². The molecule has 61 heavy (non-hydrogen) atoms. The molecular weight excluding hydrogens is 773 g/mol. The monoisotopic (exact) mass is 816 g/mol. The van der Waals surface area contributed by atoms with Gasteiger partial charge >= 0.3 is 5.97 Å². The van der Waals surface area contributed by atoms with E-state index in [1.165, 1.54) is 19.3 Å². The van der Waals surface area contributed by atoms with Crippen molar-refractivity contribution in [3.05, 3.63) is 126 Å². The SMILES string of the molecule is COc1ccc(-c2ccc(C(=O)NC(Cc3cc4ccccc4[nH]3)C(=O)O)cc2COc2ccc(-c3nc4cc(-c5nn[nH]n5)ccc4n3C3CCCCC3)cc2)cc1OC. The number of rotatable bonds is 14. The molecule has 0 radical (unpaired) electrons. The number of benzene rings is 5. The second-order valence-electron chi connectivity index (χ2n) is 15.2. The van der Waals surface area contributed by atoms with Crippen LogP contribution in [0.15, 0.2) is 109 Å². The Morgan fingerprint density at radius 1 is 0.852 bits per heavy atom. The Labute approximate surface area is 350 Å². The van der Waals surface area contributed by atoms with E-state index in [-0.39, 0.29) is 13.0 Å². The Morgan fingerprint density at radius 2 is 1.64 bits per heavy atom. The number of amides is 1. The Kier molecular flexibility index (Phi) is 10.9. The van der Waals surface area contributed by atoms with Crippen molar-refractivity contribution in [3.63, 3.8) is 0 Å². The van der Waals surface area contributed by atoms with Crippen LogP contribution >= 0.6 is 0 Å². The van der Waals surface area contributed by atoms with Gasteiger partial charge in [-0.15, -0.1) is 10.2 Å². The van der Waals surface area contributed by atoms with E-state index in [2.05, 4.69) is 41.6 Å². The molecule has 1 amide bonds. The predicted molar refractivity (Wildman–Crippen MR) is 231 cm³/mol. The number of nitrogens with one attached hydrogen (secondary N) is 3. The zero-order chi connectivity index (χ0) is 41.9. The van der Waals surface area contributed by atoms with E-state index in [4.69, 9.17) is 19.2 Å². The number of para-hydroxylation sites is 1. The van der Waals surface area contributed by atoms with E-state index in [0.29, 0.717) is 45.9 Å². The van der Waals surface area contributed by atoms with Crippen LogP contribution in [0.4, 0.5) is 0 Å². The lowest BCUT2D eigenvalue weighted by Crippen LogP contribution is -2.42. The van der Waals surface area contributed by atoms with Gasteiger partial charge in [-0.25, -0.2) is 9.78 Å². The Hall–Kier alpha value is -7.48. The molecule has 3 heterocycles. The first-order valence-electron chi connectivity index (χ1n) is 20.3. The third-order valence-electron chi connectivity index (χ3n) is 11.4. The highest BCUT2D eigenvalue weighted by Crippen LogP contribution is 2.38. The molecule has 5 aromatic carbocycles. The van der Waals surface area contributed by atoms with E-state index >= 15 is 0 Å². The molecule has 14 nitrogen and oxygen atoms in total. The molecule has 1 fully saturated rings. The lowest BCUT2D eigenvalue weighted by molar-refractivity contribution is -0.139.